The van der Waals surface area contributed by atoms with E-state index in [1.165, 1.54) is 5.71 Å². The third kappa shape index (κ3) is 1.83. The molecular weight excluding hydrogens is 292 g/mol. The molecule has 6 heteroatoms. The Labute approximate surface area is 135 Å². The highest BCUT2D eigenvalue weighted by Crippen LogP contribution is 2.61. The van der Waals surface area contributed by atoms with E-state index in [0.717, 1.165) is 19.5 Å². The molecule has 2 unspecified atom stereocenters. The molecule has 1 saturated heterocycles. The van der Waals surface area contributed by atoms with Gasteiger partial charge in [-0.05, 0) is 32.6 Å². The lowest BCUT2D eigenvalue weighted by Crippen LogP contribution is -2.33. The minimum Gasteiger partial charge on any atom is -0.389 e. The predicted molar refractivity (Wildman–Crippen MR) is 84.0 cm³/mol. The van der Waals surface area contributed by atoms with Crippen LogP contribution in [-0.4, -0.2) is 44.8 Å². The number of fused-ring (bicyclic) bond motifs is 2. The van der Waals surface area contributed by atoms with Crippen molar-refractivity contribution in [1.82, 2.24) is 14.5 Å². The van der Waals surface area contributed by atoms with Crippen LogP contribution >= 0.6 is 0 Å². The Bertz CT molecular complexity index is 712. The summed E-state index contributed by atoms with van der Waals surface area (Å²) in [5, 5.41) is 4.33. The number of aromatic nitrogens is 2. The molecule has 4 atom stereocenters. The second kappa shape index (κ2) is 4.16. The zero-order chi connectivity index (χ0) is 15.9. The van der Waals surface area contributed by atoms with E-state index in [0.29, 0.717) is 35.4 Å². The molecule has 23 heavy (non-hydrogen) atoms. The normalized spacial score (nSPS) is 39.8. The van der Waals surface area contributed by atoms with Crippen molar-refractivity contribution >= 4 is 11.6 Å². The van der Waals surface area contributed by atoms with Gasteiger partial charge in [0.25, 0.3) is 5.91 Å². The number of oxime groups is 1. The first-order valence-electron chi connectivity index (χ1n) is 8.56. The van der Waals surface area contributed by atoms with Crippen LogP contribution in [-0.2, 0) is 4.84 Å². The van der Waals surface area contributed by atoms with Crippen molar-refractivity contribution in [1.29, 1.82) is 0 Å². The van der Waals surface area contributed by atoms with Crippen molar-refractivity contribution in [2.75, 3.05) is 13.1 Å². The molecule has 0 radical (unpaired) electrons. The van der Waals surface area contributed by atoms with E-state index in [-0.39, 0.29) is 11.5 Å². The maximum absolute atomic E-state index is 12.6. The van der Waals surface area contributed by atoms with Gasteiger partial charge < -0.3 is 14.3 Å². The van der Waals surface area contributed by atoms with Gasteiger partial charge in [0.05, 0.1) is 12.0 Å². The number of carbonyl (C=O) groups excluding carboxylic acids is 1. The molecule has 2 aliphatic carbocycles. The van der Waals surface area contributed by atoms with Gasteiger partial charge >= 0.3 is 0 Å². The number of piperidine rings is 1. The van der Waals surface area contributed by atoms with E-state index in [4.69, 9.17) is 4.84 Å². The van der Waals surface area contributed by atoms with Gasteiger partial charge in [-0.1, -0.05) is 5.16 Å². The number of nitrogens with zero attached hydrogens (tertiary/aromatic N) is 4. The second-order valence-corrected chi connectivity index (χ2v) is 8.04. The third-order valence-electron chi connectivity index (χ3n) is 6.14. The molecule has 6 nitrogen and oxygen atoms in total. The molecule has 2 saturated carbocycles. The molecular formula is C17H22N4O2. The van der Waals surface area contributed by atoms with Gasteiger partial charge in [-0.15, -0.1) is 0 Å². The summed E-state index contributed by atoms with van der Waals surface area (Å²) >= 11 is 0. The lowest BCUT2D eigenvalue weighted by molar-refractivity contribution is 0.0618. The Morgan fingerprint density at radius 2 is 2.13 bits per heavy atom. The molecule has 122 valence electrons. The Morgan fingerprint density at radius 3 is 2.65 bits per heavy atom. The zero-order valence-electron chi connectivity index (χ0n) is 13.8. The lowest BCUT2D eigenvalue weighted by atomic mass is 10.1. The molecule has 5 rings (SSSR count). The zero-order valence-corrected chi connectivity index (χ0v) is 13.8. The summed E-state index contributed by atoms with van der Waals surface area (Å²) in [5.74, 6) is 2.33. The van der Waals surface area contributed by atoms with E-state index >= 15 is 0 Å². The number of hydrogen-bond donors (Lipinski definition) is 0. The Hall–Kier alpha value is -1.85. The van der Waals surface area contributed by atoms with Gasteiger partial charge in [0.15, 0.2) is 0 Å². The first-order chi connectivity index (χ1) is 11.0. The highest BCUT2D eigenvalue weighted by molar-refractivity contribution is 5.97. The highest BCUT2D eigenvalue weighted by atomic mass is 16.7. The summed E-state index contributed by atoms with van der Waals surface area (Å²) in [7, 11) is 0. The van der Waals surface area contributed by atoms with Crippen molar-refractivity contribution in [3.8, 4) is 0 Å². The van der Waals surface area contributed by atoms with Crippen LogP contribution in [0.4, 0.5) is 0 Å². The number of rotatable bonds is 3. The first-order valence-corrected chi connectivity index (χ1v) is 8.56. The van der Waals surface area contributed by atoms with E-state index in [1.807, 2.05) is 15.7 Å². The Morgan fingerprint density at radius 1 is 1.39 bits per heavy atom. The van der Waals surface area contributed by atoms with Crippen molar-refractivity contribution in [3.63, 3.8) is 0 Å². The average molecular weight is 314 g/mol. The van der Waals surface area contributed by atoms with Gasteiger partial charge in [-0.3, -0.25) is 4.79 Å². The number of carbonyl (C=O) groups is 1. The smallest absolute Gasteiger partial charge is 0.274 e. The van der Waals surface area contributed by atoms with Gasteiger partial charge in [-0.25, -0.2) is 4.98 Å². The Kier molecular flexibility index (Phi) is 2.46. The fourth-order valence-electron chi connectivity index (χ4n) is 4.40. The number of imidazole rings is 1. The summed E-state index contributed by atoms with van der Waals surface area (Å²) in [6, 6.07) is 0.327. The van der Waals surface area contributed by atoms with Crippen molar-refractivity contribution in [2.45, 2.75) is 38.8 Å². The number of likely N-dealkylation sites (tertiary alicyclic amines) is 1. The van der Waals surface area contributed by atoms with Crippen LogP contribution in [0.25, 0.3) is 0 Å². The largest absolute Gasteiger partial charge is 0.389 e. The fraction of sp³-hybridized carbons (Fsp3) is 0.706. The van der Waals surface area contributed by atoms with Crippen LogP contribution in [0.1, 0.15) is 43.7 Å². The lowest BCUT2D eigenvalue weighted by Gasteiger charge is -2.18. The van der Waals surface area contributed by atoms with E-state index in [1.54, 1.807) is 6.33 Å². The number of amides is 1. The minimum atomic E-state index is 0.00536. The van der Waals surface area contributed by atoms with E-state index < -0.39 is 0 Å². The predicted octanol–water partition coefficient (Wildman–Crippen LogP) is 1.95. The third-order valence-corrected chi connectivity index (χ3v) is 6.14. The molecule has 1 aromatic heterocycles. The maximum atomic E-state index is 12.6. The average Bonchev–Trinajstić information content (AvgIpc) is 3.14. The van der Waals surface area contributed by atoms with Crippen LogP contribution in [0.5, 0.6) is 0 Å². The summed E-state index contributed by atoms with van der Waals surface area (Å²) in [6.07, 6.45) is 4.73. The molecule has 3 heterocycles. The molecule has 0 spiro atoms. The van der Waals surface area contributed by atoms with Gasteiger partial charge in [0.2, 0.25) is 0 Å². The Balaban J connectivity index is 1.24. The van der Waals surface area contributed by atoms with Crippen molar-refractivity contribution in [3.05, 3.63) is 18.2 Å². The standard InChI is InChI=1S/C17H22N4O2/c1-9(2)21-7-13(18-8-21)16(22)20-5-10-11(6-20)14(10)15-12-4-17(12,3)23-19-15/h7-12,14H,4-6H2,1-3H3/t10?,11?,12-,14?,17-/m1/s1. The second-order valence-electron chi connectivity index (χ2n) is 8.04. The van der Waals surface area contributed by atoms with Crippen molar-refractivity contribution in [2.24, 2.45) is 28.8 Å². The van der Waals surface area contributed by atoms with Gasteiger partial charge in [0.1, 0.15) is 11.3 Å². The molecule has 0 aromatic carbocycles. The molecule has 1 aromatic rings. The first kappa shape index (κ1) is 13.6. The van der Waals surface area contributed by atoms with Crippen LogP contribution < -0.4 is 0 Å². The van der Waals surface area contributed by atoms with Gasteiger partial charge in [0, 0.05) is 43.6 Å². The van der Waals surface area contributed by atoms with Crippen LogP contribution in [0, 0.1) is 23.7 Å². The fourth-order valence-corrected chi connectivity index (χ4v) is 4.40. The maximum Gasteiger partial charge on any atom is 0.274 e. The topological polar surface area (TPSA) is 59.7 Å². The molecule has 2 aliphatic heterocycles. The van der Waals surface area contributed by atoms with Gasteiger partial charge in [-0.2, -0.15) is 0 Å². The minimum absolute atomic E-state index is 0.00536. The van der Waals surface area contributed by atoms with Crippen molar-refractivity contribution < 1.29 is 9.63 Å². The van der Waals surface area contributed by atoms with Crippen LogP contribution in [0.3, 0.4) is 0 Å². The summed E-state index contributed by atoms with van der Waals surface area (Å²) in [4.78, 5) is 24.4. The van der Waals surface area contributed by atoms with E-state index in [2.05, 4.69) is 30.9 Å². The molecule has 0 N–H and O–H groups in total. The molecule has 1 amide bonds. The van der Waals surface area contributed by atoms with Crippen LogP contribution in [0.15, 0.2) is 17.7 Å². The molecule has 0 bridgehead atoms. The highest BCUT2D eigenvalue weighted by Gasteiger charge is 2.68. The number of hydrogen-bond acceptors (Lipinski definition) is 4. The summed E-state index contributed by atoms with van der Waals surface area (Å²) in [6.45, 7) is 7.99. The van der Waals surface area contributed by atoms with E-state index in [9.17, 15) is 4.79 Å². The monoisotopic (exact) mass is 314 g/mol. The SMILES string of the molecule is CC(C)n1cnc(C(=O)N2CC3C(C2)C3C2=NO[C@]3(C)C[C@H]23)c1. The summed E-state index contributed by atoms with van der Waals surface area (Å²) in [5.41, 5.74) is 1.84. The van der Waals surface area contributed by atoms with Crippen LogP contribution in [0.2, 0.25) is 0 Å². The summed E-state index contributed by atoms with van der Waals surface area (Å²) < 4.78 is 1.98. The molecule has 4 aliphatic rings. The molecule has 3 fully saturated rings. The quantitative estimate of drug-likeness (QED) is 0.857.